The fraction of sp³-hybridized carbons (Fsp3) is 0.211. The van der Waals surface area contributed by atoms with Crippen LogP contribution in [0.2, 0.25) is 0 Å². The van der Waals surface area contributed by atoms with Crippen molar-refractivity contribution in [3.63, 3.8) is 0 Å². The molecule has 1 aliphatic heterocycles. The summed E-state index contributed by atoms with van der Waals surface area (Å²) in [5.74, 6) is 1.60. The van der Waals surface area contributed by atoms with Gasteiger partial charge in [-0.1, -0.05) is 11.8 Å². The van der Waals surface area contributed by atoms with Gasteiger partial charge in [0, 0.05) is 34.8 Å². The molecule has 0 unspecified atom stereocenters. The Morgan fingerprint density at radius 1 is 1.25 bits per heavy atom. The van der Waals surface area contributed by atoms with Crippen molar-refractivity contribution in [2.45, 2.75) is 19.0 Å². The Balaban J connectivity index is 1.58. The van der Waals surface area contributed by atoms with E-state index in [2.05, 4.69) is 9.97 Å². The van der Waals surface area contributed by atoms with Crippen molar-refractivity contribution in [3.05, 3.63) is 57.6 Å². The van der Waals surface area contributed by atoms with E-state index in [0.717, 1.165) is 28.8 Å². The highest BCUT2D eigenvalue weighted by molar-refractivity contribution is 7.99. The van der Waals surface area contributed by atoms with Crippen LogP contribution in [0.1, 0.15) is 21.7 Å². The van der Waals surface area contributed by atoms with E-state index in [9.17, 15) is 9.59 Å². The van der Waals surface area contributed by atoms with Crippen molar-refractivity contribution < 1.29 is 14.3 Å². The Bertz CT molecular complexity index is 1140. The van der Waals surface area contributed by atoms with Gasteiger partial charge in [-0.25, -0.2) is 4.98 Å². The number of rotatable bonds is 5. The van der Waals surface area contributed by atoms with Gasteiger partial charge in [0.1, 0.15) is 5.82 Å². The molecule has 0 spiro atoms. The zero-order valence-electron chi connectivity index (χ0n) is 15.3. The summed E-state index contributed by atoms with van der Waals surface area (Å²) in [6, 6.07) is 8.74. The minimum absolute atomic E-state index is 0.0600. The molecular formula is C19H18N4O4S. The average molecular weight is 398 g/mol. The van der Waals surface area contributed by atoms with Crippen LogP contribution < -0.4 is 20.8 Å². The van der Waals surface area contributed by atoms with Crippen molar-refractivity contribution >= 4 is 23.4 Å². The zero-order valence-corrected chi connectivity index (χ0v) is 16.1. The summed E-state index contributed by atoms with van der Waals surface area (Å²) >= 11 is 1.15. The molecule has 0 fully saturated rings. The number of carbonyl (C=O) groups excluding carboxylic acids is 1. The van der Waals surface area contributed by atoms with Gasteiger partial charge in [0.15, 0.2) is 22.4 Å². The molecule has 2 aromatic heterocycles. The number of aromatic amines is 1. The quantitative estimate of drug-likeness (QED) is 0.386. The van der Waals surface area contributed by atoms with Gasteiger partial charge in [0.25, 0.3) is 5.56 Å². The number of fused-ring (bicyclic) bond motifs is 1. The molecule has 3 N–H and O–H groups in total. The third kappa shape index (κ3) is 3.36. The summed E-state index contributed by atoms with van der Waals surface area (Å²) in [5.41, 5.74) is 8.51. The minimum Gasteiger partial charge on any atom is -0.454 e. The smallest absolute Gasteiger partial charge is 0.253 e. The van der Waals surface area contributed by atoms with Gasteiger partial charge in [-0.3, -0.25) is 9.59 Å². The second kappa shape index (κ2) is 7.08. The van der Waals surface area contributed by atoms with Crippen molar-refractivity contribution in [3.8, 4) is 17.2 Å². The van der Waals surface area contributed by atoms with Crippen LogP contribution in [-0.4, -0.2) is 32.9 Å². The van der Waals surface area contributed by atoms with Gasteiger partial charge in [-0.05, 0) is 32.0 Å². The van der Waals surface area contributed by atoms with Gasteiger partial charge >= 0.3 is 0 Å². The largest absolute Gasteiger partial charge is 0.454 e. The van der Waals surface area contributed by atoms with E-state index in [0.29, 0.717) is 22.2 Å². The number of nitrogens with one attached hydrogen (secondary N) is 1. The van der Waals surface area contributed by atoms with Crippen LogP contribution in [0.5, 0.6) is 11.5 Å². The van der Waals surface area contributed by atoms with Crippen LogP contribution in [0, 0.1) is 13.8 Å². The summed E-state index contributed by atoms with van der Waals surface area (Å²) in [5, 5.41) is 0.322. The maximum atomic E-state index is 12.8. The molecule has 0 bridgehead atoms. The van der Waals surface area contributed by atoms with Gasteiger partial charge in [0.2, 0.25) is 6.79 Å². The van der Waals surface area contributed by atoms with Crippen molar-refractivity contribution in [2.24, 2.45) is 0 Å². The first-order valence-corrected chi connectivity index (χ1v) is 9.53. The number of nitrogens with two attached hydrogens (primary N) is 1. The van der Waals surface area contributed by atoms with E-state index in [1.807, 2.05) is 42.7 Å². The molecule has 144 valence electrons. The number of hydrogen-bond donors (Lipinski definition) is 2. The molecule has 8 nitrogen and oxygen atoms in total. The number of ether oxygens (including phenoxy) is 2. The third-order valence-corrected chi connectivity index (χ3v) is 5.30. The zero-order chi connectivity index (χ0) is 19.8. The molecule has 1 aliphatic rings. The van der Waals surface area contributed by atoms with E-state index in [-0.39, 0.29) is 29.7 Å². The Kier molecular flexibility index (Phi) is 4.60. The van der Waals surface area contributed by atoms with Crippen LogP contribution in [0.3, 0.4) is 0 Å². The second-order valence-corrected chi connectivity index (χ2v) is 7.31. The predicted molar refractivity (Wildman–Crippen MR) is 106 cm³/mol. The lowest BCUT2D eigenvalue weighted by molar-refractivity contribution is 0.102. The average Bonchev–Trinajstić information content (AvgIpc) is 3.22. The van der Waals surface area contributed by atoms with E-state index in [4.69, 9.17) is 15.2 Å². The van der Waals surface area contributed by atoms with E-state index >= 15 is 0 Å². The highest BCUT2D eigenvalue weighted by atomic mass is 32.2. The third-order valence-electron chi connectivity index (χ3n) is 4.43. The SMILES string of the molecule is Cc1cc(C(=O)CSc2nc(N)cc(=O)[nH]2)c(C)n1-c1ccc2c(c1)OCO2. The molecule has 0 radical (unpaired) electrons. The van der Waals surface area contributed by atoms with Crippen molar-refractivity contribution in [2.75, 3.05) is 18.3 Å². The number of carbonyl (C=O) groups is 1. The molecule has 3 heterocycles. The maximum absolute atomic E-state index is 12.8. The molecule has 28 heavy (non-hydrogen) atoms. The molecule has 0 saturated heterocycles. The summed E-state index contributed by atoms with van der Waals surface area (Å²) in [4.78, 5) is 30.8. The first kappa shape index (κ1) is 18.2. The van der Waals surface area contributed by atoms with Crippen LogP contribution in [0.4, 0.5) is 5.82 Å². The predicted octanol–water partition coefficient (Wildman–Crippen LogP) is 2.46. The Labute approximate surface area is 164 Å². The number of benzene rings is 1. The van der Waals surface area contributed by atoms with Gasteiger partial charge in [-0.15, -0.1) is 0 Å². The summed E-state index contributed by atoms with van der Waals surface area (Å²) in [7, 11) is 0. The van der Waals surface area contributed by atoms with E-state index < -0.39 is 0 Å². The number of ketones is 1. The van der Waals surface area contributed by atoms with E-state index in [1.165, 1.54) is 6.07 Å². The molecule has 1 aromatic carbocycles. The van der Waals surface area contributed by atoms with Gasteiger partial charge in [0.05, 0.1) is 5.75 Å². The first-order chi connectivity index (χ1) is 13.4. The van der Waals surface area contributed by atoms with Crippen molar-refractivity contribution in [1.82, 2.24) is 14.5 Å². The standard InChI is InChI=1S/C19H18N4O4S/c1-10-5-13(14(24)8-28-19-21-17(20)7-18(25)22-19)11(2)23(10)12-3-4-15-16(6-12)27-9-26-15/h3-7H,8-9H2,1-2H3,(H3,20,21,22,25). The molecule has 0 aliphatic carbocycles. The summed E-state index contributed by atoms with van der Waals surface area (Å²) < 4.78 is 12.8. The van der Waals surface area contributed by atoms with Gasteiger partial charge in [-0.2, -0.15) is 0 Å². The summed E-state index contributed by atoms with van der Waals surface area (Å²) in [6.45, 7) is 4.05. The fourth-order valence-corrected chi connectivity index (χ4v) is 3.97. The molecular weight excluding hydrogens is 380 g/mol. The van der Waals surface area contributed by atoms with Crippen LogP contribution >= 0.6 is 11.8 Å². The Morgan fingerprint density at radius 2 is 2.04 bits per heavy atom. The second-order valence-electron chi connectivity index (χ2n) is 6.35. The van der Waals surface area contributed by atoms with Crippen LogP contribution in [0.25, 0.3) is 5.69 Å². The number of anilines is 1. The highest BCUT2D eigenvalue weighted by Gasteiger charge is 2.20. The van der Waals surface area contributed by atoms with Crippen LogP contribution in [-0.2, 0) is 0 Å². The summed E-state index contributed by atoms with van der Waals surface area (Å²) in [6.07, 6.45) is 0. The highest BCUT2D eigenvalue weighted by Crippen LogP contribution is 2.35. The van der Waals surface area contributed by atoms with Crippen molar-refractivity contribution in [1.29, 1.82) is 0 Å². The normalized spacial score (nSPS) is 12.4. The molecule has 3 aromatic rings. The molecule has 9 heteroatoms. The fourth-order valence-electron chi connectivity index (χ4n) is 3.20. The number of H-pyrrole nitrogens is 1. The number of hydrogen-bond acceptors (Lipinski definition) is 7. The number of aryl methyl sites for hydroxylation is 1. The number of nitrogens with zero attached hydrogens (tertiary/aromatic N) is 2. The lowest BCUT2D eigenvalue weighted by Gasteiger charge is -2.10. The van der Waals surface area contributed by atoms with Gasteiger partial charge < -0.3 is 24.8 Å². The maximum Gasteiger partial charge on any atom is 0.253 e. The monoisotopic (exact) mass is 398 g/mol. The number of nitrogen functional groups attached to an aromatic ring is 1. The molecule has 0 amide bonds. The lowest BCUT2D eigenvalue weighted by Crippen LogP contribution is -2.11. The number of thioether (sulfide) groups is 1. The topological polar surface area (TPSA) is 112 Å². The number of aromatic nitrogens is 3. The number of Topliss-reactive ketones (excluding diaryl/α,β-unsaturated/α-hetero) is 1. The van der Waals surface area contributed by atoms with Crippen LogP contribution in [0.15, 0.2) is 40.3 Å². The molecule has 4 rings (SSSR count). The van der Waals surface area contributed by atoms with E-state index in [1.54, 1.807) is 0 Å². The molecule has 0 saturated carbocycles. The molecule has 0 atom stereocenters. The Hall–Kier alpha value is -3.20. The first-order valence-electron chi connectivity index (χ1n) is 8.54. The Morgan fingerprint density at radius 3 is 2.82 bits per heavy atom. The lowest BCUT2D eigenvalue weighted by atomic mass is 10.2. The minimum atomic E-state index is -0.344.